The van der Waals surface area contributed by atoms with E-state index in [1.54, 1.807) is 17.7 Å². The minimum Gasteiger partial charge on any atom is -0.325 e. The van der Waals surface area contributed by atoms with Gasteiger partial charge in [0, 0.05) is 21.7 Å². The molecule has 0 radical (unpaired) electrons. The first-order valence-corrected chi connectivity index (χ1v) is 13.1. The Labute approximate surface area is 207 Å². The summed E-state index contributed by atoms with van der Waals surface area (Å²) in [6.45, 7) is 8.60. The number of hydrogen-bond donors (Lipinski definition) is 1. The Morgan fingerprint density at radius 2 is 1.70 bits per heavy atom. The van der Waals surface area contributed by atoms with Crippen LogP contribution in [0.2, 0.25) is 5.02 Å². The number of thioether (sulfide) groups is 1. The highest BCUT2D eigenvalue weighted by Crippen LogP contribution is 2.38. The standard InChI is InChI=1S/C26H26ClN3OS2/c1-15(2)19-6-5-7-20(16(3)4)24(19)30-22(31)13-33-26-23-21(12-32-25(23)28-14-29-26)17-8-10-18(27)11-9-17/h5-12,14-16H,13H2,1-4H3,(H,30,31). The number of halogens is 1. The first kappa shape index (κ1) is 23.7. The van der Waals surface area contributed by atoms with E-state index in [2.05, 4.69) is 66.6 Å². The summed E-state index contributed by atoms with van der Waals surface area (Å²) in [5, 5.41) is 7.76. The Hall–Kier alpha value is -2.41. The lowest BCUT2D eigenvalue weighted by Crippen LogP contribution is -2.17. The highest BCUT2D eigenvalue weighted by Gasteiger charge is 2.18. The number of amides is 1. The average Bonchev–Trinajstić information content (AvgIpc) is 3.23. The van der Waals surface area contributed by atoms with E-state index in [1.807, 2.05) is 24.3 Å². The van der Waals surface area contributed by atoms with Crippen LogP contribution in [0.1, 0.15) is 50.7 Å². The van der Waals surface area contributed by atoms with Gasteiger partial charge in [-0.05, 0) is 40.7 Å². The molecule has 0 spiro atoms. The van der Waals surface area contributed by atoms with Gasteiger partial charge >= 0.3 is 0 Å². The van der Waals surface area contributed by atoms with Crippen molar-refractivity contribution < 1.29 is 4.79 Å². The number of nitrogens with zero attached hydrogens (tertiary/aromatic N) is 2. The Morgan fingerprint density at radius 1 is 1.03 bits per heavy atom. The quantitative estimate of drug-likeness (QED) is 0.208. The molecule has 0 aliphatic heterocycles. The van der Waals surface area contributed by atoms with Crippen molar-refractivity contribution in [3.8, 4) is 11.1 Å². The van der Waals surface area contributed by atoms with E-state index in [0.29, 0.717) is 16.9 Å². The van der Waals surface area contributed by atoms with Crippen LogP contribution in [-0.4, -0.2) is 21.6 Å². The molecule has 170 valence electrons. The lowest BCUT2D eigenvalue weighted by molar-refractivity contribution is -0.113. The van der Waals surface area contributed by atoms with Crippen molar-refractivity contribution in [3.63, 3.8) is 0 Å². The van der Waals surface area contributed by atoms with Gasteiger partial charge in [0.2, 0.25) is 5.91 Å². The third kappa shape index (κ3) is 5.24. The molecule has 0 atom stereocenters. The topological polar surface area (TPSA) is 54.9 Å². The maximum absolute atomic E-state index is 13.0. The summed E-state index contributed by atoms with van der Waals surface area (Å²) in [6, 6.07) is 14.0. The molecule has 0 aliphatic carbocycles. The summed E-state index contributed by atoms with van der Waals surface area (Å²) >= 11 is 9.08. The second kappa shape index (κ2) is 10.2. The molecule has 2 heterocycles. The number of nitrogens with one attached hydrogen (secondary N) is 1. The van der Waals surface area contributed by atoms with E-state index >= 15 is 0 Å². The number of rotatable bonds is 7. The maximum Gasteiger partial charge on any atom is 0.234 e. The van der Waals surface area contributed by atoms with Gasteiger partial charge in [0.05, 0.1) is 11.1 Å². The van der Waals surface area contributed by atoms with Crippen LogP contribution in [0.3, 0.4) is 0 Å². The lowest BCUT2D eigenvalue weighted by Gasteiger charge is -2.20. The molecule has 2 aromatic heterocycles. The maximum atomic E-state index is 13.0. The highest BCUT2D eigenvalue weighted by molar-refractivity contribution is 8.00. The molecule has 0 unspecified atom stereocenters. The van der Waals surface area contributed by atoms with Crippen LogP contribution >= 0.6 is 34.7 Å². The highest BCUT2D eigenvalue weighted by atomic mass is 35.5. The zero-order valence-corrected chi connectivity index (χ0v) is 21.4. The molecule has 33 heavy (non-hydrogen) atoms. The third-order valence-electron chi connectivity index (χ3n) is 5.47. The zero-order chi connectivity index (χ0) is 23.5. The minimum atomic E-state index is -0.0370. The summed E-state index contributed by atoms with van der Waals surface area (Å²) in [5.74, 6) is 0.873. The summed E-state index contributed by atoms with van der Waals surface area (Å²) in [4.78, 5) is 22.9. The van der Waals surface area contributed by atoms with Crippen LogP contribution in [-0.2, 0) is 4.79 Å². The fourth-order valence-electron chi connectivity index (χ4n) is 3.80. The van der Waals surface area contributed by atoms with Crippen molar-refractivity contribution in [1.29, 1.82) is 0 Å². The molecular weight excluding hydrogens is 470 g/mol. The summed E-state index contributed by atoms with van der Waals surface area (Å²) in [5.41, 5.74) is 5.37. The van der Waals surface area contributed by atoms with Gasteiger partial charge in [0.1, 0.15) is 16.2 Å². The number of thiophene rings is 1. The molecule has 7 heteroatoms. The van der Waals surface area contributed by atoms with E-state index in [9.17, 15) is 4.79 Å². The van der Waals surface area contributed by atoms with Gasteiger partial charge in [-0.2, -0.15) is 0 Å². The molecule has 0 saturated carbocycles. The monoisotopic (exact) mass is 495 g/mol. The van der Waals surface area contributed by atoms with Crippen LogP contribution in [0, 0.1) is 0 Å². The molecule has 0 fully saturated rings. The fraction of sp³-hybridized carbons (Fsp3) is 0.269. The molecule has 1 N–H and O–H groups in total. The normalized spacial score (nSPS) is 11.5. The van der Waals surface area contributed by atoms with Crippen molar-refractivity contribution in [2.75, 3.05) is 11.1 Å². The van der Waals surface area contributed by atoms with E-state index in [-0.39, 0.29) is 11.7 Å². The first-order chi connectivity index (χ1) is 15.8. The van der Waals surface area contributed by atoms with Gasteiger partial charge in [-0.3, -0.25) is 4.79 Å². The van der Waals surface area contributed by atoms with Crippen LogP contribution in [0.5, 0.6) is 0 Å². The molecule has 4 aromatic rings. The molecule has 4 rings (SSSR count). The summed E-state index contributed by atoms with van der Waals surface area (Å²) < 4.78 is 0. The number of para-hydroxylation sites is 1. The Bertz CT molecular complexity index is 1260. The van der Waals surface area contributed by atoms with E-state index in [0.717, 1.165) is 43.2 Å². The van der Waals surface area contributed by atoms with E-state index in [1.165, 1.54) is 11.8 Å². The van der Waals surface area contributed by atoms with Crippen molar-refractivity contribution >= 4 is 56.5 Å². The number of hydrogen-bond acceptors (Lipinski definition) is 5. The molecule has 4 nitrogen and oxygen atoms in total. The first-order valence-electron chi connectivity index (χ1n) is 10.9. The van der Waals surface area contributed by atoms with Crippen molar-refractivity contribution in [2.24, 2.45) is 0 Å². The van der Waals surface area contributed by atoms with Crippen LogP contribution in [0.15, 0.2) is 59.2 Å². The lowest BCUT2D eigenvalue weighted by atomic mass is 9.92. The largest absolute Gasteiger partial charge is 0.325 e. The van der Waals surface area contributed by atoms with Gasteiger partial charge in [-0.15, -0.1) is 11.3 Å². The second-order valence-corrected chi connectivity index (χ2v) is 10.7. The smallest absolute Gasteiger partial charge is 0.234 e. The zero-order valence-electron chi connectivity index (χ0n) is 19.1. The van der Waals surface area contributed by atoms with Gasteiger partial charge in [-0.25, -0.2) is 9.97 Å². The van der Waals surface area contributed by atoms with Crippen molar-refractivity contribution in [1.82, 2.24) is 9.97 Å². The number of benzene rings is 2. The Morgan fingerprint density at radius 3 is 2.33 bits per heavy atom. The predicted octanol–water partition coefficient (Wildman–Crippen LogP) is 7.99. The minimum absolute atomic E-state index is 0.0370. The Kier molecular flexibility index (Phi) is 7.37. The molecule has 2 aromatic carbocycles. The SMILES string of the molecule is CC(C)c1cccc(C(C)C)c1NC(=O)CSc1ncnc2scc(-c3ccc(Cl)cc3)c12. The third-order valence-corrected chi connectivity index (χ3v) is 7.60. The molecule has 1 amide bonds. The number of aromatic nitrogens is 2. The summed E-state index contributed by atoms with van der Waals surface area (Å²) in [7, 11) is 0. The van der Waals surface area contributed by atoms with Crippen molar-refractivity contribution in [2.45, 2.75) is 44.6 Å². The van der Waals surface area contributed by atoms with Crippen LogP contribution in [0.4, 0.5) is 5.69 Å². The number of fused-ring (bicyclic) bond motifs is 1. The average molecular weight is 496 g/mol. The van der Waals surface area contributed by atoms with E-state index in [4.69, 9.17) is 11.6 Å². The van der Waals surface area contributed by atoms with Crippen LogP contribution in [0.25, 0.3) is 21.3 Å². The number of carbonyl (C=O) groups is 1. The second-order valence-electron chi connectivity index (χ2n) is 8.47. The predicted molar refractivity (Wildman–Crippen MR) is 142 cm³/mol. The fourth-order valence-corrected chi connectivity index (χ4v) is 5.72. The van der Waals surface area contributed by atoms with Crippen molar-refractivity contribution in [3.05, 3.63) is 70.3 Å². The number of carbonyl (C=O) groups excluding carboxylic acids is 1. The Balaban J connectivity index is 1.58. The van der Waals surface area contributed by atoms with Gasteiger partial charge < -0.3 is 5.32 Å². The molecule has 0 saturated heterocycles. The van der Waals surface area contributed by atoms with Crippen LogP contribution < -0.4 is 5.32 Å². The van der Waals surface area contributed by atoms with Gasteiger partial charge in [-0.1, -0.05) is 81.4 Å². The molecule has 0 bridgehead atoms. The van der Waals surface area contributed by atoms with E-state index < -0.39 is 0 Å². The van der Waals surface area contributed by atoms with Gasteiger partial charge in [0.25, 0.3) is 0 Å². The van der Waals surface area contributed by atoms with Gasteiger partial charge in [0.15, 0.2) is 0 Å². The molecular formula is C26H26ClN3OS2. The summed E-state index contributed by atoms with van der Waals surface area (Å²) in [6.07, 6.45) is 1.57. The number of anilines is 1. The molecule has 0 aliphatic rings.